The van der Waals surface area contributed by atoms with Crippen LogP contribution in [-0.4, -0.2) is 19.9 Å². The number of fused-ring (bicyclic) bond motifs is 7. The van der Waals surface area contributed by atoms with Crippen LogP contribution in [0.25, 0.3) is 78.5 Å². The third-order valence-electron chi connectivity index (χ3n) is 11.1. The number of hydrogen-bond acceptors (Lipinski definition) is 5. The van der Waals surface area contributed by atoms with Gasteiger partial charge in [0.15, 0.2) is 17.5 Å². The highest BCUT2D eigenvalue weighted by molar-refractivity contribution is 6.15. The summed E-state index contributed by atoms with van der Waals surface area (Å²) >= 11 is 0. The van der Waals surface area contributed by atoms with Crippen LogP contribution in [0.2, 0.25) is 0 Å². The molecule has 3 aromatic heterocycles. The Balaban J connectivity index is 1.09. The molecule has 0 spiro atoms. The molecule has 5 heteroatoms. The normalized spacial score (nSPS) is 12.8. The van der Waals surface area contributed by atoms with E-state index in [4.69, 9.17) is 19.4 Å². The number of para-hydroxylation sites is 1. The zero-order valence-corrected chi connectivity index (χ0v) is 30.2. The predicted molar refractivity (Wildman–Crippen MR) is 224 cm³/mol. The van der Waals surface area contributed by atoms with E-state index in [-0.39, 0.29) is 0 Å². The van der Waals surface area contributed by atoms with Gasteiger partial charge in [0.25, 0.3) is 0 Å². The SMILES string of the molecule is c1ccc(-c2nc(-c3ccc(-c4ccc5c(c4)C(c4ccccc4)(c4ccccc4)c4ccc6oc7ccccc7c6c4-5)cc3)nc(-c3ccccn3)n2)cc1. The van der Waals surface area contributed by atoms with Crippen LogP contribution in [0.15, 0.2) is 199 Å². The molecule has 1 aliphatic rings. The molecular formula is C51H32N4O. The lowest BCUT2D eigenvalue weighted by Gasteiger charge is -2.34. The molecule has 0 N–H and O–H groups in total. The maximum absolute atomic E-state index is 6.46. The van der Waals surface area contributed by atoms with E-state index in [1.54, 1.807) is 6.20 Å². The third kappa shape index (κ3) is 4.95. The van der Waals surface area contributed by atoms with Crippen molar-refractivity contribution in [2.24, 2.45) is 0 Å². The first-order valence-electron chi connectivity index (χ1n) is 18.8. The largest absolute Gasteiger partial charge is 0.456 e. The lowest BCUT2D eigenvalue weighted by Crippen LogP contribution is -2.28. The second-order valence-corrected chi connectivity index (χ2v) is 14.2. The minimum absolute atomic E-state index is 0.536. The van der Waals surface area contributed by atoms with E-state index in [1.807, 2.05) is 54.6 Å². The molecule has 3 heterocycles. The number of rotatable bonds is 6. The van der Waals surface area contributed by atoms with Crippen LogP contribution in [0.1, 0.15) is 22.3 Å². The van der Waals surface area contributed by atoms with Gasteiger partial charge in [0.05, 0.1) is 5.41 Å². The number of hydrogen-bond donors (Lipinski definition) is 0. The molecule has 0 bridgehead atoms. The standard InChI is InChI=1S/C51H32N4O/c1-4-14-34(15-5-1)48-53-49(55-50(54-48)43-21-12-13-31-52-43)35-25-23-33(24-26-35)36-27-28-39-42(32-36)51(37-16-6-2-7-17-37,38-18-8-3-9-19-38)41-29-30-45-47(46(39)41)40-20-10-11-22-44(40)56-45/h1-32H. The zero-order chi connectivity index (χ0) is 37.1. The van der Waals surface area contributed by atoms with Crippen LogP contribution in [0.5, 0.6) is 0 Å². The van der Waals surface area contributed by atoms with Gasteiger partial charge >= 0.3 is 0 Å². The Morgan fingerprint density at radius 1 is 0.411 bits per heavy atom. The minimum atomic E-state index is -0.559. The second kappa shape index (κ2) is 12.8. The molecule has 11 rings (SSSR count). The van der Waals surface area contributed by atoms with Crippen molar-refractivity contribution in [3.8, 4) is 56.5 Å². The van der Waals surface area contributed by atoms with Crippen molar-refractivity contribution in [3.05, 3.63) is 217 Å². The van der Waals surface area contributed by atoms with Gasteiger partial charge in [-0.3, -0.25) is 4.98 Å². The Labute approximate surface area is 323 Å². The maximum Gasteiger partial charge on any atom is 0.182 e. The molecule has 0 fully saturated rings. The molecule has 262 valence electrons. The van der Waals surface area contributed by atoms with E-state index in [9.17, 15) is 0 Å². The van der Waals surface area contributed by atoms with Crippen molar-refractivity contribution < 1.29 is 4.42 Å². The number of furan rings is 1. The lowest BCUT2D eigenvalue weighted by atomic mass is 9.67. The van der Waals surface area contributed by atoms with Crippen LogP contribution >= 0.6 is 0 Å². The Morgan fingerprint density at radius 3 is 1.70 bits per heavy atom. The quantitative estimate of drug-likeness (QED) is 0.171. The van der Waals surface area contributed by atoms with Gasteiger partial charge in [-0.1, -0.05) is 158 Å². The fourth-order valence-electron chi connectivity index (χ4n) is 8.61. The van der Waals surface area contributed by atoms with Crippen molar-refractivity contribution in [1.29, 1.82) is 0 Å². The summed E-state index contributed by atoms with van der Waals surface area (Å²) in [5, 5.41) is 2.28. The fraction of sp³-hybridized carbons (Fsp3) is 0.0196. The summed E-state index contributed by atoms with van der Waals surface area (Å²) in [6.45, 7) is 0. The first-order chi connectivity index (χ1) is 27.8. The molecule has 5 nitrogen and oxygen atoms in total. The molecule has 0 saturated carbocycles. The molecule has 1 aliphatic carbocycles. The van der Waals surface area contributed by atoms with E-state index < -0.39 is 5.41 Å². The molecule has 10 aromatic rings. The van der Waals surface area contributed by atoms with Gasteiger partial charge in [-0.2, -0.15) is 0 Å². The lowest BCUT2D eigenvalue weighted by molar-refractivity contribution is 0.668. The van der Waals surface area contributed by atoms with Crippen LogP contribution in [0.3, 0.4) is 0 Å². The van der Waals surface area contributed by atoms with Crippen LogP contribution in [0.4, 0.5) is 0 Å². The summed E-state index contributed by atoms with van der Waals surface area (Å²) in [6, 6.07) is 65.9. The summed E-state index contributed by atoms with van der Waals surface area (Å²) in [4.78, 5) is 19.2. The Bertz CT molecular complexity index is 2950. The Hall–Kier alpha value is -7.50. The topological polar surface area (TPSA) is 64.7 Å². The number of pyridine rings is 1. The zero-order valence-electron chi connectivity index (χ0n) is 30.2. The molecule has 0 unspecified atom stereocenters. The molecule has 0 atom stereocenters. The van der Waals surface area contributed by atoms with E-state index in [1.165, 1.54) is 33.4 Å². The molecule has 0 radical (unpaired) electrons. The highest BCUT2D eigenvalue weighted by atomic mass is 16.3. The monoisotopic (exact) mass is 716 g/mol. The molecule has 56 heavy (non-hydrogen) atoms. The van der Waals surface area contributed by atoms with Crippen LogP contribution in [0, 0.1) is 0 Å². The summed E-state index contributed by atoms with van der Waals surface area (Å²) < 4.78 is 6.46. The van der Waals surface area contributed by atoms with Gasteiger partial charge < -0.3 is 4.42 Å². The molecule has 7 aromatic carbocycles. The Morgan fingerprint density at radius 2 is 1.00 bits per heavy atom. The van der Waals surface area contributed by atoms with Crippen molar-refractivity contribution in [2.75, 3.05) is 0 Å². The van der Waals surface area contributed by atoms with Crippen molar-refractivity contribution in [3.63, 3.8) is 0 Å². The molecular weight excluding hydrogens is 685 g/mol. The summed E-state index contributed by atoms with van der Waals surface area (Å²) in [5.41, 5.74) is 13.4. The number of nitrogens with zero attached hydrogens (tertiary/aromatic N) is 4. The van der Waals surface area contributed by atoms with Crippen molar-refractivity contribution in [1.82, 2.24) is 19.9 Å². The summed E-state index contributed by atoms with van der Waals surface area (Å²) in [5.74, 6) is 1.74. The molecule has 0 aliphatic heterocycles. The van der Waals surface area contributed by atoms with E-state index in [0.717, 1.165) is 44.2 Å². The highest BCUT2D eigenvalue weighted by Crippen LogP contribution is 2.59. The number of aromatic nitrogens is 4. The third-order valence-corrected chi connectivity index (χ3v) is 11.1. The minimum Gasteiger partial charge on any atom is -0.456 e. The second-order valence-electron chi connectivity index (χ2n) is 14.2. The Kier molecular flexibility index (Phi) is 7.32. The highest BCUT2D eigenvalue weighted by Gasteiger charge is 2.47. The number of benzene rings is 7. The van der Waals surface area contributed by atoms with E-state index >= 15 is 0 Å². The van der Waals surface area contributed by atoms with E-state index in [0.29, 0.717) is 23.2 Å². The van der Waals surface area contributed by atoms with E-state index in [2.05, 4.69) is 138 Å². The first-order valence-corrected chi connectivity index (χ1v) is 18.8. The van der Waals surface area contributed by atoms with Gasteiger partial charge in [-0.15, -0.1) is 0 Å². The average molecular weight is 717 g/mol. The van der Waals surface area contributed by atoms with Gasteiger partial charge in [0.1, 0.15) is 16.9 Å². The summed E-state index contributed by atoms with van der Waals surface area (Å²) in [7, 11) is 0. The summed E-state index contributed by atoms with van der Waals surface area (Å²) in [6.07, 6.45) is 1.76. The predicted octanol–water partition coefficient (Wildman–Crippen LogP) is 12.2. The van der Waals surface area contributed by atoms with Gasteiger partial charge in [0, 0.05) is 28.1 Å². The average Bonchev–Trinajstić information content (AvgIpc) is 3.81. The van der Waals surface area contributed by atoms with Crippen LogP contribution < -0.4 is 0 Å². The van der Waals surface area contributed by atoms with Crippen LogP contribution in [-0.2, 0) is 5.41 Å². The molecule has 0 saturated heterocycles. The van der Waals surface area contributed by atoms with Gasteiger partial charge in [-0.05, 0) is 74.8 Å². The maximum atomic E-state index is 6.46. The fourth-order valence-corrected chi connectivity index (χ4v) is 8.61. The molecule has 0 amide bonds. The van der Waals surface area contributed by atoms with Crippen molar-refractivity contribution in [2.45, 2.75) is 5.41 Å². The smallest absolute Gasteiger partial charge is 0.182 e. The van der Waals surface area contributed by atoms with Gasteiger partial charge in [0.2, 0.25) is 0 Å². The first kappa shape index (κ1) is 32.0. The van der Waals surface area contributed by atoms with Crippen molar-refractivity contribution >= 4 is 21.9 Å². The van der Waals surface area contributed by atoms with Gasteiger partial charge in [-0.25, -0.2) is 15.0 Å².